The molecule has 0 spiro atoms. The third-order valence-electron chi connectivity index (χ3n) is 4.10. The zero-order valence-electron chi connectivity index (χ0n) is 11.9. The molecule has 1 fully saturated rings. The number of aliphatic hydroxyl groups excluding tert-OH is 2. The molecule has 0 unspecified atom stereocenters. The highest BCUT2D eigenvalue weighted by Crippen LogP contribution is 2.47. The summed E-state index contributed by atoms with van der Waals surface area (Å²) >= 11 is 0. The Balaban J connectivity index is 2.34. The van der Waals surface area contributed by atoms with Crippen LogP contribution in [0.5, 0.6) is 0 Å². The molecule has 0 aromatic carbocycles. The lowest BCUT2D eigenvalue weighted by Crippen LogP contribution is -2.36. The molecular formula is C15H22O4. The predicted molar refractivity (Wildman–Crippen MR) is 71.6 cm³/mol. The van der Waals surface area contributed by atoms with Crippen LogP contribution in [0.2, 0.25) is 0 Å². The summed E-state index contributed by atoms with van der Waals surface area (Å²) in [6.07, 6.45) is 3.39. The third kappa shape index (κ3) is 2.81. The molecule has 1 heterocycles. The van der Waals surface area contributed by atoms with Gasteiger partial charge in [-0.2, -0.15) is 0 Å². The van der Waals surface area contributed by atoms with Crippen molar-refractivity contribution in [3.05, 3.63) is 23.8 Å². The van der Waals surface area contributed by atoms with Gasteiger partial charge in [-0.05, 0) is 31.6 Å². The van der Waals surface area contributed by atoms with E-state index in [0.29, 0.717) is 12.0 Å². The monoisotopic (exact) mass is 266 g/mol. The number of carbonyl (C=O) groups is 1. The van der Waals surface area contributed by atoms with Crippen molar-refractivity contribution in [2.75, 3.05) is 0 Å². The maximum absolute atomic E-state index is 11.9. The molecular weight excluding hydrogens is 244 g/mol. The van der Waals surface area contributed by atoms with E-state index in [1.165, 1.54) is 6.08 Å². The Bertz CT molecular complexity index is 449. The number of carbonyl (C=O) groups excluding carboxylic acids is 1. The van der Waals surface area contributed by atoms with Crippen LogP contribution in [0.3, 0.4) is 0 Å². The van der Waals surface area contributed by atoms with Crippen molar-refractivity contribution in [3.63, 3.8) is 0 Å². The van der Waals surface area contributed by atoms with Crippen LogP contribution in [-0.2, 0) is 9.53 Å². The van der Waals surface area contributed by atoms with E-state index >= 15 is 0 Å². The first-order valence-corrected chi connectivity index (χ1v) is 6.62. The Morgan fingerprint density at radius 3 is 2.58 bits per heavy atom. The van der Waals surface area contributed by atoms with E-state index in [0.717, 1.165) is 0 Å². The highest BCUT2D eigenvalue weighted by Gasteiger charge is 2.59. The van der Waals surface area contributed by atoms with Crippen LogP contribution in [0.25, 0.3) is 0 Å². The van der Waals surface area contributed by atoms with Crippen LogP contribution in [0, 0.1) is 5.41 Å². The SMILES string of the molecule is C/C1=C/[C@@H](O)C[C@@]2(C)O[C@H]2[C@@H](O)C(C)(C)/C=C/C1=O. The van der Waals surface area contributed by atoms with Gasteiger partial charge in [-0.15, -0.1) is 0 Å². The van der Waals surface area contributed by atoms with Crippen molar-refractivity contribution < 1.29 is 19.7 Å². The fraction of sp³-hybridized carbons (Fsp3) is 0.667. The van der Waals surface area contributed by atoms with Crippen molar-refractivity contribution >= 4 is 5.78 Å². The molecule has 0 bridgehead atoms. The summed E-state index contributed by atoms with van der Waals surface area (Å²) in [5.41, 5.74) is -0.557. The number of rotatable bonds is 0. The van der Waals surface area contributed by atoms with E-state index in [-0.39, 0.29) is 11.9 Å². The van der Waals surface area contributed by atoms with Crippen LogP contribution >= 0.6 is 0 Å². The molecule has 2 N–H and O–H groups in total. The minimum atomic E-state index is -0.735. The second-order valence-corrected chi connectivity index (χ2v) is 6.44. The molecule has 0 aromatic heterocycles. The summed E-state index contributed by atoms with van der Waals surface area (Å²) in [6.45, 7) is 7.31. The van der Waals surface area contributed by atoms with Crippen molar-refractivity contribution in [2.24, 2.45) is 5.41 Å². The smallest absolute Gasteiger partial charge is 0.181 e. The highest BCUT2D eigenvalue weighted by atomic mass is 16.6. The van der Waals surface area contributed by atoms with Gasteiger partial charge < -0.3 is 14.9 Å². The molecule has 106 valence electrons. The van der Waals surface area contributed by atoms with Gasteiger partial charge in [0, 0.05) is 11.8 Å². The number of epoxide rings is 1. The first-order chi connectivity index (χ1) is 8.66. The number of ketones is 1. The lowest BCUT2D eigenvalue weighted by atomic mass is 9.81. The zero-order chi connectivity index (χ0) is 14.4. The van der Waals surface area contributed by atoms with Gasteiger partial charge in [0.1, 0.15) is 6.10 Å². The minimum absolute atomic E-state index is 0.138. The van der Waals surface area contributed by atoms with Gasteiger partial charge >= 0.3 is 0 Å². The van der Waals surface area contributed by atoms with Crippen LogP contribution < -0.4 is 0 Å². The largest absolute Gasteiger partial charge is 0.389 e. The summed E-state index contributed by atoms with van der Waals surface area (Å²) in [6, 6.07) is 0. The number of fused-ring (bicyclic) bond motifs is 1. The molecule has 0 aromatic rings. The Kier molecular flexibility index (Phi) is 3.45. The zero-order valence-corrected chi connectivity index (χ0v) is 11.9. The number of hydrogen-bond donors (Lipinski definition) is 2. The molecule has 1 aliphatic carbocycles. The Labute approximate surface area is 113 Å². The Hall–Kier alpha value is -0.970. The predicted octanol–water partition coefficient (Wildman–Crippen LogP) is 1.37. The second kappa shape index (κ2) is 4.54. The summed E-state index contributed by atoms with van der Waals surface area (Å²) in [7, 11) is 0. The van der Waals surface area contributed by atoms with Gasteiger partial charge in [-0.1, -0.05) is 19.9 Å². The Morgan fingerprint density at radius 1 is 1.32 bits per heavy atom. The minimum Gasteiger partial charge on any atom is -0.389 e. The van der Waals surface area contributed by atoms with Gasteiger partial charge in [-0.3, -0.25) is 4.79 Å². The average molecular weight is 266 g/mol. The van der Waals surface area contributed by atoms with Gasteiger partial charge in [0.15, 0.2) is 5.78 Å². The maximum atomic E-state index is 11.9. The number of ether oxygens (including phenoxy) is 1. The number of hydrogen-bond acceptors (Lipinski definition) is 4. The van der Waals surface area contributed by atoms with Crippen molar-refractivity contribution in [1.29, 1.82) is 0 Å². The van der Waals surface area contributed by atoms with Gasteiger partial charge in [0.05, 0.1) is 17.8 Å². The topological polar surface area (TPSA) is 70.1 Å². The maximum Gasteiger partial charge on any atom is 0.181 e. The van der Waals surface area contributed by atoms with E-state index < -0.39 is 23.2 Å². The van der Waals surface area contributed by atoms with Crippen molar-refractivity contribution in [1.82, 2.24) is 0 Å². The summed E-state index contributed by atoms with van der Waals surface area (Å²) in [5, 5.41) is 20.4. The normalized spacial score (nSPS) is 46.5. The van der Waals surface area contributed by atoms with Crippen LogP contribution in [0.4, 0.5) is 0 Å². The van der Waals surface area contributed by atoms with Gasteiger partial charge in [-0.25, -0.2) is 0 Å². The first kappa shape index (κ1) is 14.4. The third-order valence-corrected chi connectivity index (χ3v) is 4.10. The van der Waals surface area contributed by atoms with E-state index in [9.17, 15) is 15.0 Å². The Morgan fingerprint density at radius 2 is 1.95 bits per heavy atom. The summed E-state index contributed by atoms with van der Waals surface area (Å²) in [5.74, 6) is -0.138. The standard InChI is InChI=1S/C15H22O4/c1-9-7-10(16)8-15(4)13(19-15)12(18)14(2,3)6-5-11(9)17/h5-7,10,12-13,16,18H,8H2,1-4H3/b6-5+,9-7-/t10-,12-,13+,15-/m1/s1. The molecule has 2 aliphatic rings. The fourth-order valence-electron chi connectivity index (χ4n) is 2.57. The summed E-state index contributed by atoms with van der Waals surface area (Å²) < 4.78 is 5.60. The number of allylic oxidation sites excluding steroid dienone is 2. The lowest BCUT2D eigenvalue weighted by molar-refractivity contribution is -0.111. The molecule has 4 heteroatoms. The van der Waals surface area contributed by atoms with Gasteiger partial charge in [0.25, 0.3) is 0 Å². The van der Waals surface area contributed by atoms with E-state index in [1.807, 2.05) is 20.8 Å². The van der Waals surface area contributed by atoms with Crippen LogP contribution in [-0.4, -0.2) is 39.9 Å². The van der Waals surface area contributed by atoms with Crippen molar-refractivity contribution in [2.45, 2.75) is 58.0 Å². The first-order valence-electron chi connectivity index (χ1n) is 6.62. The van der Waals surface area contributed by atoms with E-state index in [1.54, 1.807) is 19.1 Å². The molecule has 0 amide bonds. The van der Waals surface area contributed by atoms with Gasteiger partial charge in [0.2, 0.25) is 0 Å². The second-order valence-electron chi connectivity index (χ2n) is 6.44. The molecule has 4 nitrogen and oxygen atoms in total. The molecule has 1 aliphatic heterocycles. The van der Waals surface area contributed by atoms with Crippen LogP contribution in [0.1, 0.15) is 34.1 Å². The van der Waals surface area contributed by atoms with Crippen molar-refractivity contribution in [3.8, 4) is 0 Å². The quantitative estimate of drug-likeness (QED) is 0.650. The summed E-state index contributed by atoms with van der Waals surface area (Å²) in [4.78, 5) is 11.9. The molecule has 1 saturated heterocycles. The van der Waals surface area contributed by atoms with E-state index in [2.05, 4.69) is 0 Å². The number of aliphatic hydroxyl groups is 2. The average Bonchev–Trinajstić information content (AvgIpc) is 2.95. The molecule has 19 heavy (non-hydrogen) atoms. The molecule has 2 rings (SSSR count). The molecule has 0 radical (unpaired) electrons. The fourth-order valence-corrected chi connectivity index (χ4v) is 2.57. The molecule has 4 atom stereocenters. The van der Waals surface area contributed by atoms with Crippen LogP contribution in [0.15, 0.2) is 23.8 Å². The lowest BCUT2D eigenvalue weighted by Gasteiger charge is -2.26. The molecule has 0 saturated carbocycles. The highest BCUT2D eigenvalue weighted by molar-refractivity contribution is 6.03. The van der Waals surface area contributed by atoms with E-state index in [4.69, 9.17) is 4.74 Å².